The number of allylic oxidation sites excluding steroid dienone is 4. The van der Waals surface area contributed by atoms with E-state index < -0.39 is 20.0 Å². The average molecular weight is 414 g/mol. The highest BCUT2D eigenvalue weighted by Gasteiger charge is 2.36. The number of hydrogen-bond donors (Lipinski definition) is 0. The van der Waals surface area contributed by atoms with Crippen LogP contribution in [0.3, 0.4) is 0 Å². The van der Waals surface area contributed by atoms with E-state index in [0.717, 1.165) is 9.87 Å². The van der Waals surface area contributed by atoms with Crippen molar-refractivity contribution in [3.63, 3.8) is 0 Å². The number of ether oxygens (including phenoxy) is 1. The Morgan fingerprint density at radius 1 is 1.26 bits per heavy atom. The van der Waals surface area contributed by atoms with Crippen molar-refractivity contribution in [2.45, 2.75) is 6.42 Å². The van der Waals surface area contributed by atoms with Crippen molar-refractivity contribution >= 4 is 22.1 Å². The third-order valence-corrected chi connectivity index (χ3v) is 5.77. The zero-order chi connectivity index (χ0) is 20.0. The minimum atomic E-state index is -4.29. The van der Waals surface area contributed by atoms with Gasteiger partial charge in [0.15, 0.2) is 5.09 Å². The van der Waals surface area contributed by atoms with Gasteiger partial charge in [-0.1, -0.05) is 30.3 Å². The van der Waals surface area contributed by atoms with Gasteiger partial charge in [-0.05, 0) is 11.6 Å². The monoisotopic (exact) mass is 414 g/mol. The molecule has 1 aliphatic heterocycles. The molecule has 0 aliphatic carbocycles. The van der Waals surface area contributed by atoms with Crippen molar-refractivity contribution in [1.82, 2.24) is 4.31 Å². The lowest BCUT2D eigenvalue weighted by atomic mass is 10.1. The Balaban J connectivity index is 2.54. The Morgan fingerprint density at radius 3 is 2.48 bits per heavy atom. The van der Waals surface area contributed by atoms with E-state index in [2.05, 4.69) is 4.89 Å². The highest BCUT2D eigenvalue weighted by Crippen LogP contribution is 2.32. The Morgan fingerprint density at radius 2 is 1.93 bits per heavy atom. The number of sulfonamides is 1. The molecule has 0 amide bonds. The van der Waals surface area contributed by atoms with Crippen molar-refractivity contribution in [2.24, 2.45) is 0 Å². The van der Waals surface area contributed by atoms with Gasteiger partial charge in [-0.25, -0.2) is 13.3 Å². The van der Waals surface area contributed by atoms with Gasteiger partial charge in [0, 0.05) is 26.6 Å². The standard InChI is InChI=1S/C16H18N2O7S2/c1-17(2)27(21,22)16(18(19)20)13-10-14(9-12-7-5-4-6-8-12)24-15(11-13)26-25-23-3/h4-8,10-11H,9H2,1-3H3/b16-13+. The average Bonchev–Trinajstić information content (AvgIpc) is 2.60. The van der Waals surface area contributed by atoms with Crippen LogP contribution in [0.15, 0.2) is 63.9 Å². The first-order valence-electron chi connectivity index (χ1n) is 7.58. The summed E-state index contributed by atoms with van der Waals surface area (Å²) in [7, 11) is -0.560. The van der Waals surface area contributed by atoms with Crippen molar-refractivity contribution in [3.8, 4) is 0 Å². The zero-order valence-corrected chi connectivity index (χ0v) is 16.5. The summed E-state index contributed by atoms with van der Waals surface area (Å²) in [6.45, 7) is 0. The van der Waals surface area contributed by atoms with Gasteiger partial charge >= 0.3 is 15.1 Å². The number of nitrogens with zero attached hydrogens (tertiary/aromatic N) is 2. The highest BCUT2D eigenvalue weighted by atomic mass is 32.2. The number of benzene rings is 1. The number of rotatable bonds is 8. The van der Waals surface area contributed by atoms with Crippen LogP contribution in [0.5, 0.6) is 0 Å². The third-order valence-electron chi connectivity index (χ3n) is 3.36. The molecule has 1 aromatic carbocycles. The Kier molecular flexibility index (Phi) is 7.16. The molecule has 1 aromatic rings. The molecular formula is C16H18N2O7S2. The van der Waals surface area contributed by atoms with Crippen LogP contribution in [0.2, 0.25) is 0 Å². The largest absolute Gasteiger partial charge is 0.452 e. The summed E-state index contributed by atoms with van der Waals surface area (Å²) in [6, 6.07) is 9.25. The van der Waals surface area contributed by atoms with Crippen LogP contribution in [0.25, 0.3) is 0 Å². The SMILES string of the molecule is COOSC1=C/C(=C(\[N+](=O)[O-])S(=O)(=O)N(C)C)C=C(Cc2ccccc2)O1. The van der Waals surface area contributed by atoms with Crippen LogP contribution < -0.4 is 0 Å². The molecular weight excluding hydrogens is 396 g/mol. The van der Waals surface area contributed by atoms with Gasteiger partial charge in [0.05, 0.1) is 17.6 Å². The maximum atomic E-state index is 12.4. The second-order valence-electron chi connectivity index (χ2n) is 5.46. The van der Waals surface area contributed by atoms with E-state index in [9.17, 15) is 18.5 Å². The normalized spacial score (nSPS) is 16.4. The van der Waals surface area contributed by atoms with Crippen molar-refractivity contribution in [3.05, 3.63) is 79.6 Å². The van der Waals surface area contributed by atoms with Crippen LogP contribution in [-0.4, -0.2) is 38.9 Å². The van der Waals surface area contributed by atoms with Gasteiger partial charge < -0.3 is 4.74 Å². The predicted octanol–water partition coefficient (Wildman–Crippen LogP) is 2.59. The van der Waals surface area contributed by atoms with Crippen LogP contribution in [0.1, 0.15) is 5.56 Å². The fourth-order valence-corrected chi connectivity index (χ4v) is 3.57. The second-order valence-corrected chi connectivity index (χ2v) is 8.23. The first-order chi connectivity index (χ1) is 12.8. The molecule has 1 aliphatic rings. The van der Waals surface area contributed by atoms with Crippen molar-refractivity contribution in [2.75, 3.05) is 21.2 Å². The summed E-state index contributed by atoms with van der Waals surface area (Å²) in [5, 5.41) is 10.7. The maximum absolute atomic E-state index is 12.4. The Bertz CT molecular complexity index is 891. The van der Waals surface area contributed by atoms with Gasteiger partial charge in [-0.3, -0.25) is 10.1 Å². The maximum Gasteiger partial charge on any atom is 0.381 e. The third kappa shape index (κ3) is 5.40. The molecule has 0 atom stereocenters. The van der Waals surface area contributed by atoms with Crippen LogP contribution in [-0.2, 0) is 30.4 Å². The van der Waals surface area contributed by atoms with E-state index >= 15 is 0 Å². The molecule has 0 bridgehead atoms. The van der Waals surface area contributed by atoms with Gasteiger partial charge in [0.2, 0.25) is 0 Å². The van der Waals surface area contributed by atoms with Gasteiger partial charge in [-0.15, -0.1) is 0 Å². The zero-order valence-electron chi connectivity index (χ0n) is 14.8. The molecule has 0 unspecified atom stereocenters. The van der Waals surface area contributed by atoms with Crippen LogP contribution >= 0.6 is 12.0 Å². The lowest BCUT2D eigenvalue weighted by molar-refractivity contribution is -0.412. The predicted molar refractivity (Wildman–Crippen MR) is 99.7 cm³/mol. The smallest absolute Gasteiger partial charge is 0.381 e. The fraction of sp³-hybridized carbons (Fsp3) is 0.250. The summed E-state index contributed by atoms with van der Waals surface area (Å²) in [5.74, 6) is 0.328. The van der Waals surface area contributed by atoms with E-state index in [1.807, 2.05) is 30.3 Å². The molecule has 11 heteroatoms. The first kappa shape index (κ1) is 21.1. The Labute approximate surface area is 161 Å². The molecule has 0 N–H and O–H groups in total. The first-order valence-corrected chi connectivity index (χ1v) is 9.76. The number of hydrogen-bond acceptors (Lipinski definition) is 8. The van der Waals surface area contributed by atoms with Crippen LogP contribution in [0.4, 0.5) is 0 Å². The summed E-state index contributed by atoms with van der Waals surface area (Å²) >= 11 is 0.674. The fourth-order valence-electron chi connectivity index (χ4n) is 2.17. The lowest BCUT2D eigenvalue weighted by Gasteiger charge is -2.18. The Hall–Kier alpha value is -2.18. The van der Waals surface area contributed by atoms with E-state index in [0.29, 0.717) is 24.2 Å². The molecule has 0 radical (unpaired) electrons. The van der Waals surface area contributed by atoms with Crippen LogP contribution in [0, 0.1) is 10.1 Å². The summed E-state index contributed by atoms with van der Waals surface area (Å²) in [4.78, 5) is 15.1. The molecule has 0 aromatic heterocycles. The molecule has 0 saturated carbocycles. The summed E-state index contributed by atoms with van der Waals surface area (Å²) < 4.78 is 36.0. The highest BCUT2D eigenvalue weighted by molar-refractivity contribution is 7.98. The molecule has 2 rings (SSSR count). The van der Waals surface area contributed by atoms with Crippen molar-refractivity contribution < 1.29 is 27.3 Å². The van der Waals surface area contributed by atoms with E-state index in [4.69, 9.17) is 9.07 Å². The topological polar surface area (TPSA) is 108 Å². The van der Waals surface area contributed by atoms with Gasteiger partial charge in [-0.2, -0.15) is 8.64 Å². The van der Waals surface area contributed by atoms with E-state index in [-0.39, 0.29) is 10.7 Å². The molecule has 0 spiro atoms. The lowest BCUT2D eigenvalue weighted by Crippen LogP contribution is -2.28. The summed E-state index contributed by atoms with van der Waals surface area (Å²) in [6.07, 6.45) is 2.86. The molecule has 9 nitrogen and oxygen atoms in total. The van der Waals surface area contributed by atoms with E-state index in [1.165, 1.54) is 33.4 Å². The molecule has 0 saturated heterocycles. The molecule has 0 fully saturated rings. The second kappa shape index (κ2) is 9.15. The summed E-state index contributed by atoms with van der Waals surface area (Å²) in [5.41, 5.74) is 0.771. The molecule has 27 heavy (non-hydrogen) atoms. The minimum Gasteiger partial charge on any atom is -0.452 e. The molecule has 1 heterocycles. The van der Waals surface area contributed by atoms with Gasteiger partial charge in [0.1, 0.15) is 17.8 Å². The quantitative estimate of drug-likeness (QED) is 0.276. The minimum absolute atomic E-state index is 0.105. The van der Waals surface area contributed by atoms with Crippen molar-refractivity contribution in [1.29, 1.82) is 0 Å². The molecule has 146 valence electrons. The van der Waals surface area contributed by atoms with E-state index in [1.54, 1.807) is 0 Å². The number of nitro groups is 1. The van der Waals surface area contributed by atoms with Gasteiger partial charge in [0.25, 0.3) is 0 Å².